The number of esters is 1. The van der Waals surface area contributed by atoms with E-state index in [0.717, 1.165) is 0 Å². The number of methoxy groups -OCH3 is 1. The third-order valence-electron chi connectivity index (χ3n) is 12.3. The number of hydrogen-bond acceptors (Lipinski definition) is 19. The summed E-state index contributed by atoms with van der Waals surface area (Å²) in [4.78, 5) is 117. The zero-order valence-corrected chi connectivity index (χ0v) is 46.3. The lowest BCUT2D eigenvalue weighted by molar-refractivity contribution is -0.145. The van der Waals surface area contributed by atoms with E-state index >= 15 is 0 Å². The van der Waals surface area contributed by atoms with Crippen LogP contribution in [0.1, 0.15) is 64.2 Å². The van der Waals surface area contributed by atoms with Gasteiger partial charge in [-0.3, -0.25) is 62.8 Å². The number of nitrogens with one attached hydrogen (secondary N) is 4. The maximum absolute atomic E-state index is 13.9. The minimum Gasteiger partial charge on any atom is -0.480 e. The quantitative estimate of drug-likeness (QED) is 0.0135. The lowest BCUT2D eigenvalue weighted by Crippen LogP contribution is -2.52. The lowest BCUT2D eigenvalue weighted by Gasteiger charge is -2.35. The molecule has 8 N–H and O–H groups in total. The summed E-state index contributed by atoms with van der Waals surface area (Å²) in [6, 6.07) is -2.25. The van der Waals surface area contributed by atoms with Crippen LogP contribution in [0.3, 0.4) is 0 Å². The average Bonchev–Trinajstić information content (AvgIpc) is 3.59. The molecule has 466 valence electrons. The van der Waals surface area contributed by atoms with Gasteiger partial charge >= 0.3 is 29.8 Å². The van der Waals surface area contributed by atoms with Gasteiger partial charge in [-0.2, -0.15) is 8.78 Å². The van der Waals surface area contributed by atoms with Crippen molar-refractivity contribution in [2.75, 3.05) is 158 Å². The first-order chi connectivity index (χ1) is 39.2. The highest BCUT2D eigenvalue weighted by atomic mass is 19.2. The van der Waals surface area contributed by atoms with Crippen molar-refractivity contribution < 1.29 is 110 Å². The molecule has 0 radical (unpaired) electrons. The Kier molecular flexibility index (Phi) is 37.4. The van der Waals surface area contributed by atoms with Crippen molar-refractivity contribution in [1.29, 1.82) is 0 Å². The van der Waals surface area contributed by atoms with Crippen LogP contribution in [0.15, 0.2) is 6.07 Å². The van der Waals surface area contributed by atoms with E-state index in [4.69, 9.17) is 23.7 Å². The molecule has 82 heavy (non-hydrogen) atoms. The number of hydrogen-bond donors (Lipinski definition) is 8. The summed E-state index contributed by atoms with van der Waals surface area (Å²) in [5.74, 6) is -16.5. The van der Waals surface area contributed by atoms with Gasteiger partial charge in [0.25, 0.3) is 0 Å². The molecule has 0 spiro atoms. The highest BCUT2D eigenvalue weighted by Crippen LogP contribution is 2.27. The molecule has 31 heteroatoms. The topological polar surface area (TPSA) is 351 Å². The van der Waals surface area contributed by atoms with Gasteiger partial charge in [0.2, 0.25) is 41.0 Å². The fourth-order valence-electron chi connectivity index (χ4n) is 8.00. The number of ether oxygens (including phenoxy) is 6. The second kappa shape index (κ2) is 42.6. The molecule has 4 amide bonds. The monoisotopic (exact) mass is 1180 g/mol. The highest BCUT2D eigenvalue weighted by Gasteiger charge is 2.29. The fraction of sp³-hybridized carbons (Fsp3) is 0.706. The SMILES string of the molecule is COCCOCCOCCC(=O)NCCCC[C@H](NC(=O)CCCCC(=O)Oc1c(F)c(F)cc(F)c1F)C(=O)NCCOCCOCCNC(=O)CCC(C(=O)O)N1CCN(CC(=O)O)CCN(CC(=O)O)CCN(CC(=O)O)CC1. The number of nitrogens with zero attached hydrogens (tertiary/aromatic N) is 4. The molecule has 2 atom stereocenters. The van der Waals surface area contributed by atoms with E-state index in [-0.39, 0.29) is 182 Å². The van der Waals surface area contributed by atoms with Crippen LogP contribution < -0.4 is 26.0 Å². The fourth-order valence-corrected chi connectivity index (χ4v) is 8.00. The van der Waals surface area contributed by atoms with Crippen molar-refractivity contribution in [3.63, 3.8) is 0 Å². The van der Waals surface area contributed by atoms with Crippen LogP contribution in [-0.2, 0) is 66.8 Å². The minimum absolute atomic E-state index is 0.0242. The molecule has 1 aromatic carbocycles. The first kappa shape index (κ1) is 71.9. The van der Waals surface area contributed by atoms with Crippen LogP contribution >= 0.6 is 0 Å². The molecule has 1 aliphatic rings. The van der Waals surface area contributed by atoms with Gasteiger partial charge in [0.15, 0.2) is 11.6 Å². The molecular formula is C51H80F4N8O19. The highest BCUT2D eigenvalue weighted by molar-refractivity contribution is 5.87. The van der Waals surface area contributed by atoms with Gasteiger partial charge in [-0.1, -0.05) is 0 Å². The normalized spacial score (nSPS) is 14.8. The Labute approximate surface area is 472 Å². The molecule has 1 aliphatic heterocycles. The molecular weight excluding hydrogens is 1100 g/mol. The third kappa shape index (κ3) is 33.0. The molecule has 2 rings (SSSR count). The molecule has 27 nitrogen and oxygen atoms in total. The second-order valence-electron chi connectivity index (χ2n) is 18.7. The number of carbonyl (C=O) groups is 9. The van der Waals surface area contributed by atoms with Crippen LogP contribution in [0, 0.1) is 23.3 Å². The lowest BCUT2D eigenvalue weighted by atomic mass is 10.1. The zero-order valence-electron chi connectivity index (χ0n) is 46.3. The van der Waals surface area contributed by atoms with E-state index in [9.17, 15) is 81.1 Å². The predicted molar refractivity (Wildman–Crippen MR) is 279 cm³/mol. The molecule has 0 aliphatic carbocycles. The number of amides is 4. The van der Waals surface area contributed by atoms with Crippen molar-refractivity contribution in [1.82, 2.24) is 40.9 Å². The summed E-state index contributed by atoms with van der Waals surface area (Å²) in [6.45, 7) is 2.18. The predicted octanol–water partition coefficient (Wildman–Crippen LogP) is -0.476. The number of benzene rings is 1. The van der Waals surface area contributed by atoms with Gasteiger partial charge < -0.3 is 70.1 Å². The van der Waals surface area contributed by atoms with Gasteiger partial charge in [0.1, 0.15) is 12.1 Å². The summed E-state index contributed by atoms with van der Waals surface area (Å²) >= 11 is 0. The Hall–Kier alpha value is -6.19. The second-order valence-corrected chi connectivity index (χ2v) is 18.7. The summed E-state index contributed by atoms with van der Waals surface area (Å²) in [5.41, 5.74) is 0. The number of carbonyl (C=O) groups excluding carboxylic acids is 5. The van der Waals surface area contributed by atoms with Gasteiger partial charge in [0, 0.05) is 111 Å². The van der Waals surface area contributed by atoms with Crippen LogP contribution in [0.4, 0.5) is 17.6 Å². The van der Waals surface area contributed by atoms with Gasteiger partial charge in [-0.05, 0) is 38.5 Å². The van der Waals surface area contributed by atoms with Crippen LogP contribution in [0.5, 0.6) is 5.75 Å². The van der Waals surface area contributed by atoms with Crippen molar-refractivity contribution >= 4 is 53.5 Å². The van der Waals surface area contributed by atoms with Crippen molar-refractivity contribution in [3.05, 3.63) is 29.3 Å². The summed E-state index contributed by atoms with van der Waals surface area (Å²) < 4.78 is 86.0. The number of carboxylic acids is 4. The standard InChI is InChI=1S/C51H80F4N8O19/c1-77-26-27-81-31-28-78-23-11-41(65)56-12-5-4-6-38(59-42(66)7-2-3-8-46(73)82-49-47(54)36(52)32-37(53)48(49)55)50(74)58-14-25-80-30-29-79-24-13-57-40(64)10-9-39(51(75)76)63-21-19-61(34-44(69)70)17-15-60(33-43(67)68)16-18-62(20-22-63)35-45(71)72/h32,38-39H,2-31,33-35H2,1H3,(H,56,65)(H,57,64)(H,58,74)(H,59,66)(H,67,68)(H,69,70)(H,71,72)(H,75,76)/t38-,39?/m0/s1. The molecule has 0 bridgehead atoms. The molecule has 1 unspecified atom stereocenters. The van der Waals surface area contributed by atoms with Gasteiger partial charge in [-0.25, -0.2) is 8.78 Å². The third-order valence-corrected chi connectivity index (χ3v) is 12.3. The Balaban J connectivity index is 1.82. The molecule has 1 fully saturated rings. The number of unbranched alkanes of at least 4 members (excludes halogenated alkanes) is 2. The van der Waals surface area contributed by atoms with E-state index in [1.165, 1.54) is 0 Å². The van der Waals surface area contributed by atoms with Crippen LogP contribution in [0.2, 0.25) is 0 Å². The first-order valence-corrected chi connectivity index (χ1v) is 26.9. The summed E-state index contributed by atoms with van der Waals surface area (Å²) in [5, 5.41) is 49.4. The number of aliphatic carboxylic acids is 4. The van der Waals surface area contributed by atoms with Crippen molar-refractivity contribution in [3.8, 4) is 5.75 Å². The maximum Gasteiger partial charge on any atom is 0.320 e. The molecule has 0 saturated carbocycles. The smallest absolute Gasteiger partial charge is 0.320 e. The Morgan fingerprint density at radius 1 is 0.512 bits per heavy atom. The minimum atomic E-state index is -1.88. The van der Waals surface area contributed by atoms with E-state index < -0.39 is 95.1 Å². The van der Waals surface area contributed by atoms with E-state index in [2.05, 4.69) is 26.0 Å². The molecule has 1 aromatic rings. The Morgan fingerprint density at radius 3 is 1.50 bits per heavy atom. The Morgan fingerprint density at radius 2 is 0.976 bits per heavy atom. The Bertz CT molecular complexity index is 2100. The first-order valence-electron chi connectivity index (χ1n) is 26.9. The van der Waals surface area contributed by atoms with Crippen LogP contribution in [-0.4, -0.2) is 264 Å². The van der Waals surface area contributed by atoms with Gasteiger partial charge in [-0.15, -0.1) is 0 Å². The average molecular weight is 1190 g/mol. The summed E-state index contributed by atoms with van der Waals surface area (Å²) in [7, 11) is 1.56. The molecule has 1 heterocycles. The largest absolute Gasteiger partial charge is 0.480 e. The van der Waals surface area contributed by atoms with Gasteiger partial charge in [0.05, 0.1) is 79.1 Å². The summed E-state index contributed by atoms with van der Waals surface area (Å²) in [6.07, 6.45) is 0.197. The molecule has 0 aromatic heterocycles. The molecule has 1 saturated heterocycles. The maximum atomic E-state index is 13.9. The zero-order chi connectivity index (χ0) is 60.7. The van der Waals surface area contributed by atoms with Crippen LogP contribution in [0.25, 0.3) is 0 Å². The van der Waals surface area contributed by atoms with E-state index in [0.29, 0.717) is 39.3 Å². The van der Waals surface area contributed by atoms with E-state index in [1.54, 1.807) is 26.7 Å². The van der Waals surface area contributed by atoms with Crippen molar-refractivity contribution in [2.24, 2.45) is 0 Å². The number of rotatable bonds is 42. The number of halogens is 4. The number of carboxylic acid groups (broad SMARTS) is 4. The van der Waals surface area contributed by atoms with E-state index in [1.807, 2.05) is 0 Å². The van der Waals surface area contributed by atoms with Crippen molar-refractivity contribution in [2.45, 2.75) is 76.3 Å².